The van der Waals surface area contributed by atoms with Crippen LogP contribution in [-0.4, -0.2) is 16.0 Å². The average Bonchev–Trinajstić information content (AvgIpc) is 2.38. The first-order valence-electron chi connectivity index (χ1n) is 5.37. The van der Waals surface area contributed by atoms with Crippen molar-refractivity contribution in [1.29, 1.82) is 0 Å². The zero-order chi connectivity index (χ0) is 13.0. The Bertz CT molecular complexity index is 582. The summed E-state index contributed by atoms with van der Waals surface area (Å²) < 4.78 is 5.66. The van der Waals surface area contributed by atoms with Crippen molar-refractivity contribution < 1.29 is 9.94 Å². The van der Waals surface area contributed by atoms with Gasteiger partial charge in [0.25, 0.3) is 0 Å². The second kappa shape index (κ2) is 5.18. The van der Waals surface area contributed by atoms with Gasteiger partial charge in [-0.2, -0.15) is 0 Å². The number of benzene rings is 1. The molecule has 1 heterocycles. The van der Waals surface area contributed by atoms with Crippen molar-refractivity contribution in [3.63, 3.8) is 0 Å². The molecule has 0 atom stereocenters. The average molecular weight is 243 g/mol. The number of oxime groups is 1. The molecule has 2 aromatic rings. The lowest BCUT2D eigenvalue weighted by Crippen LogP contribution is -2.14. The van der Waals surface area contributed by atoms with E-state index in [1.165, 1.54) is 0 Å². The molecule has 1 aromatic heterocycles. The highest BCUT2D eigenvalue weighted by Crippen LogP contribution is 2.22. The van der Waals surface area contributed by atoms with Gasteiger partial charge >= 0.3 is 0 Å². The molecule has 0 bridgehead atoms. The molecule has 0 saturated heterocycles. The molecular weight excluding hydrogens is 230 g/mol. The summed E-state index contributed by atoms with van der Waals surface area (Å²) in [7, 11) is 0. The number of hydrogen-bond donors (Lipinski definition) is 2. The molecular formula is C13H13N3O2. The number of rotatable bonds is 3. The maximum atomic E-state index is 8.59. The SMILES string of the molecule is Cc1cccc(Oc2ccnc(C(N)=NO)c2)c1. The molecule has 5 nitrogen and oxygen atoms in total. The summed E-state index contributed by atoms with van der Waals surface area (Å²) in [6.07, 6.45) is 1.54. The van der Waals surface area contributed by atoms with Crippen LogP contribution in [0.25, 0.3) is 0 Å². The summed E-state index contributed by atoms with van der Waals surface area (Å²) >= 11 is 0. The first-order chi connectivity index (χ1) is 8.69. The molecule has 1 aromatic carbocycles. The summed E-state index contributed by atoms with van der Waals surface area (Å²) in [6, 6.07) is 11.0. The molecule has 18 heavy (non-hydrogen) atoms. The zero-order valence-corrected chi connectivity index (χ0v) is 9.87. The summed E-state index contributed by atoms with van der Waals surface area (Å²) in [4.78, 5) is 3.97. The van der Waals surface area contributed by atoms with E-state index in [0.717, 1.165) is 11.3 Å². The van der Waals surface area contributed by atoms with Gasteiger partial charge in [0.15, 0.2) is 5.84 Å². The number of aromatic nitrogens is 1. The van der Waals surface area contributed by atoms with E-state index < -0.39 is 0 Å². The fraction of sp³-hybridized carbons (Fsp3) is 0.0769. The Balaban J connectivity index is 2.24. The van der Waals surface area contributed by atoms with E-state index in [1.54, 1.807) is 18.3 Å². The van der Waals surface area contributed by atoms with Gasteiger partial charge in [-0.3, -0.25) is 4.98 Å². The van der Waals surface area contributed by atoms with Gasteiger partial charge in [-0.05, 0) is 30.7 Å². The number of nitrogens with two attached hydrogens (primary N) is 1. The van der Waals surface area contributed by atoms with Crippen LogP contribution in [0.3, 0.4) is 0 Å². The van der Waals surface area contributed by atoms with E-state index in [0.29, 0.717) is 11.4 Å². The molecule has 0 saturated carbocycles. The minimum Gasteiger partial charge on any atom is -0.457 e. The molecule has 0 fully saturated rings. The topological polar surface area (TPSA) is 80.7 Å². The molecule has 92 valence electrons. The zero-order valence-electron chi connectivity index (χ0n) is 9.87. The molecule has 0 spiro atoms. The standard InChI is InChI=1S/C13H13N3O2/c1-9-3-2-4-10(7-9)18-11-5-6-15-12(8-11)13(14)16-17/h2-8,17H,1H3,(H2,14,16). The van der Waals surface area contributed by atoms with Gasteiger partial charge in [-0.15, -0.1) is 0 Å². The number of ether oxygens (including phenoxy) is 1. The molecule has 5 heteroatoms. The highest BCUT2D eigenvalue weighted by Gasteiger charge is 2.04. The number of nitrogens with zero attached hydrogens (tertiary/aromatic N) is 2. The first kappa shape index (κ1) is 11.9. The smallest absolute Gasteiger partial charge is 0.188 e. The third kappa shape index (κ3) is 2.76. The van der Waals surface area contributed by atoms with Crippen molar-refractivity contribution in [3.8, 4) is 11.5 Å². The van der Waals surface area contributed by atoms with Gasteiger partial charge in [0.05, 0.1) is 0 Å². The predicted octanol–water partition coefficient (Wildman–Crippen LogP) is 2.28. The Morgan fingerprint density at radius 2 is 2.06 bits per heavy atom. The minimum absolute atomic E-state index is 0.0512. The molecule has 0 aliphatic heterocycles. The van der Waals surface area contributed by atoms with Gasteiger partial charge in [-0.25, -0.2) is 0 Å². The summed E-state index contributed by atoms with van der Waals surface area (Å²) in [6.45, 7) is 1.99. The molecule has 0 aliphatic carbocycles. The quantitative estimate of drug-likeness (QED) is 0.375. The largest absolute Gasteiger partial charge is 0.457 e. The fourth-order valence-corrected chi connectivity index (χ4v) is 1.48. The van der Waals surface area contributed by atoms with Crippen LogP contribution in [0.5, 0.6) is 11.5 Å². The molecule has 0 amide bonds. The normalized spacial score (nSPS) is 11.3. The summed E-state index contributed by atoms with van der Waals surface area (Å²) in [5.74, 6) is 1.26. The molecule has 0 unspecified atom stereocenters. The molecule has 3 N–H and O–H groups in total. The van der Waals surface area contributed by atoms with Crippen LogP contribution in [0, 0.1) is 6.92 Å². The van der Waals surface area contributed by atoms with Gasteiger partial charge in [0.2, 0.25) is 0 Å². The molecule has 2 rings (SSSR count). The van der Waals surface area contributed by atoms with Gasteiger partial charge in [-0.1, -0.05) is 17.3 Å². The van der Waals surface area contributed by atoms with Crippen molar-refractivity contribution in [2.75, 3.05) is 0 Å². The summed E-state index contributed by atoms with van der Waals surface area (Å²) in [5, 5.41) is 11.5. The fourth-order valence-electron chi connectivity index (χ4n) is 1.48. The van der Waals surface area contributed by atoms with E-state index in [1.807, 2.05) is 31.2 Å². The Labute approximate surface area is 105 Å². The lowest BCUT2D eigenvalue weighted by molar-refractivity contribution is 0.318. The highest BCUT2D eigenvalue weighted by atomic mass is 16.5. The van der Waals surface area contributed by atoms with Gasteiger partial charge in [0, 0.05) is 12.3 Å². The van der Waals surface area contributed by atoms with Crippen molar-refractivity contribution in [3.05, 3.63) is 53.9 Å². The molecule has 0 radical (unpaired) electrons. The van der Waals surface area contributed by atoms with Crippen molar-refractivity contribution >= 4 is 5.84 Å². The third-order valence-electron chi connectivity index (χ3n) is 2.33. The second-order valence-corrected chi connectivity index (χ2v) is 3.78. The van der Waals surface area contributed by atoms with Gasteiger partial charge in [0.1, 0.15) is 17.2 Å². The van der Waals surface area contributed by atoms with E-state index >= 15 is 0 Å². The number of aryl methyl sites for hydroxylation is 1. The second-order valence-electron chi connectivity index (χ2n) is 3.78. The summed E-state index contributed by atoms with van der Waals surface area (Å²) in [5.41, 5.74) is 6.94. The van der Waals surface area contributed by atoms with Crippen molar-refractivity contribution in [2.45, 2.75) is 6.92 Å². The van der Waals surface area contributed by atoms with Crippen LogP contribution in [0.15, 0.2) is 47.8 Å². The van der Waals surface area contributed by atoms with Gasteiger partial charge < -0.3 is 15.7 Å². The number of hydrogen-bond acceptors (Lipinski definition) is 4. The van der Waals surface area contributed by atoms with E-state index in [2.05, 4.69) is 10.1 Å². The maximum absolute atomic E-state index is 8.59. The minimum atomic E-state index is -0.0512. The van der Waals surface area contributed by atoms with E-state index in [9.17, 15) is 0 Å². The first-order valence-corrected chi connectivity index (χ1v) is 5.37. The van der Waals surface area contributed by atoms with E-state index in [-0.39, 0.29) is 5.84 Å². The number of pyridine rings is 1. The third-order valence-corrected chi connectivity index (χ3v) is 2.33. The lowest BCUT2D eigenvalue weighted by atomic mass is 10.2. The van der Waals surface area contributed by atoms with Crippen LogP contribution in [0.4, 0.5) is 0 Å². The van der Waals surface area contributed by atoms with Crippen molar-refractivity contribution in [2.24, 2.45) is 10.9 Å². The lowest BCUT2D eigenvalue weighted by Gasteiger charge is -2.07. The number of amidine groups is 1. The Kier molecular flexibility index (Phi) is 3.43. The Hall–Kier alpha value is -2.56. The highest BCUT2D eigenvalue weighted by molar-refractivity contribution is 5.95. The van der Waals surface area contributed by atoms with Crippen molar-refractivity contribution in [1.82, 2.24) is 4.98 Å². The Morgan fingerprint density at radius 1 is 1.28 bits per heavy atom. The van der Waals surface area contributed by atoms with Crippen LogP contribution in [0.1, 0.15) is 11.3 Å². The monoisotopic (exact) mass is 243 g/mol. The predicted molar refractivity (Wildman–Crippen MR) is 68.0 cm³/mol. The van der Waals surface area contributed by atoms with Crippen LogP contribution in [-0.2, 0) is 0 Å². The Morgan fingerprint density at radius 3 is 2.78 bits per heavy atom. The molecule has 0 aliphatic rings. The maximum Gasteiger partial charge on any atom is 0.188 e. The van der Waals surface area contributed by atoms with Crippen LogP contribution in [0.2, 0.25) is 0 Å². The van der Waals surface area contributed by atoms with Crippen LogP contribution >= 0.6 is 0 Å². The van der Waals surface area contributed by atoms with Crippen LogP contribution < -0.4 is 10.5 Å². The van der Waals surface area contributed by atoms with E-state index in [4.69, 9.17) is 15.7 Å².